The van der Waals surface area contributed by atoms with E-state index in [4.69, 9.17) is 0 Å². The van der Waals surface area contributed by atoms with Crippen molar-refractivity contribution < 1.29 is 9.90 Å². The number of carbonyl (C=O) groups excluding carboxylic acids is 1. The second-order valence-electron chi connectivity index (χ2n) is 7.42. The second-order valence-corrected chi connectivity index (χ2v) is 8.27. The molecule has 1 aromatic heterocycles. The first-order valence-corrected chi connectivity index (χ1v) is 10.8. The number of aliphatic hydroxyl groups excluding tert-OH is 1. The van der Waals surface area contributed by atoms with E-state index in [-0.39, 0.29) is 12.5 Å². The van der Waals surface area contributed by atoms with Gasteiger partial charge >= 0.3 is 0 Å². The van der Waals surface area contributed by atoms with Crippen molar-refractivity contribution in [3.8, 4) is 0 Å². The molecule has 1 atom stereocenters. The highest BCUT2D eigenvalue weighted by atomic mass is 32.2. The van der Waals surface area contributed by atoms with Gasteiger partial charge in [-0.25, -0.2) is 4.98 Å². The first-order chi connectivity index (χ1) is 13.9. The molecule has 6 nitrogen and oxygen atoms in total. The first kappa shape index (κ1) is 21.4. The lowest BCUT2D eigenvalue weighted by molar-refractivity contribution is -0.117. The van der Waals surface area contributed by atoms with Crippen LogP contribution >= 0.6 is 11.8 Å². The van der Waals surface area contributed by atoms with E-state index >= 15 is 0 Å². The summed E-state index contributed by atoms with van der Waals surface area (Å²) in [6.45, 7) is 5.18. The fourth-order valence-corrected chi connectivity index (χ4v) is 3.90. The van der Waals surface area contributed by atoms with Crippen molar-refractivity contribution in [3.63, 3.8) is 0 Å². The maximum absolute atomic E-state index is 12.4. The summed E-state index contributed by atoms with van der Waals surface area (Å²) >= 11 is 1.59. The average molecular weight is 413 g/mol. The molecule has 0 radical (unpaired) electrons. The zero-order chi connectivity index (χ0) is 21.0. The number of benzene rings is 2. The van der Waals surface area contributed by atoms with Crippen LogP contribution in [0.5, 0.6) is 0 Å². The molecule has 0 aliphatic rings. The number of hydrogen-bond acceptors (Lipinski definition) is 5. The van der Waals surface area contributed by atoms with Crippen LogP contribution in [0.4, 0.5) is 5.69 Å². The van der Waals surface area contributed by atoms with Gasteiger partial charge in [-0.05, 0) is 62.5 Å². The summed E-state index contributed by atoms with van der Waals surface area (Å²) in [6, 6.07) is 11.9. The Balaban J connectivity index is 1.56. The quantitative estimate of drug-likeness (QED) is 0.556. The molecule has 0 aliphatic carbocycles. The number of thioether (sulfide) groups is 1. The smallest absolute Gasteiger partial charge is 0.238 e. The SMILES string of the molecule is CSc1ccccc1NC(=O)CN(C)CC(O)Cn1cnc2cc(C)c(C)cc21. The number of likely N-dealkylation sites (N-methyl/N-ethyl adjacent to an activating group) is 1. The van der Waals surface area contributed by atoms with Gasteiger partial charge in [-0.15, -0.1) is 11.8 Å². The second kappa shape index (κ2) is 9.43. The summed E-state index contributed by atoms with van der Waals surface area (Å²) < 4.78 is 1.97. The summed E-state index contributed by atoms with van der Waals surface area (Å²) in [5.41, 5.74) is 5.17. The molecule has 1 heterocycles. The first-order valence-electron chi connectivity index (χ1n) is 9.59. The number of amides is 1. The molecule has 0 saturated carbocycles. The molecular formula is C22H28N4O2S. The Morgan fingerprint density at radius 1 is 1.28 bits per heavy atom. The van der Waals surface area contributed by atoms with Gasteiger partial charge in [-0.1, -0.05) is 12.1 Å². The van der Waals surface area contributed by atoms with Crippen molar-refractivity contribution >= 4 is 34.4 Å². The van der Waals surface area contributed by atoms with Crippen LogP contribution in [-0.4, -0.2) is 58.0 Å². The highest BCUT2D eigenvalue weighted by Crippen LogP contribution is 2.24. The predicted molar refractivity (Wildman–Crippen MR) is 120 cm³/mol. The van der Waals surface area contributed by atoms with E-state index < -0.39 is 6.10 Å². The molecular weight excluding hydrogens is 384 g/mol. The summed E-state index contributed by atoms with van der Waals surface area (Å²) in [7, 11) is 1.84. The van der Waals surface area contributed by atoms with Gasteiger partial charge in [0, 0.05) is 11.4 Å². The molecule has 0 aliphatic heterocycles. The van der Waals surface area contributed by atoms with Gasteiger partial charge in [0.25, 0.3) is 0 Å². The van der Waals surface area contributed by atoms with Crippen molar-refractivity contribution in [2.45, 2.75) is 31.4 Å². The normalized spacial score (nSPS) is 12.5. The van der Waals surface area contributed by atoms with Crippen LogP contribution in [0.15, 0.2) is 47.6 Å². The monoisotopic (exact) mass is 412 g/mol. The number of carbonyl (C=O) groups is 1. The lowest BCUT2D eigenvalue weighted by atomic mass is 10.1. The number of nitrogens with one attached hydrogen (secondary N) is 1. The molecule has 0 bridgehead atoms. The van der Waals surface area contributed by atoms with E-state index in [1.807, 2.05) is 47.0 Å². The molecule has 1 unspecified atom stereocenters. The van der Waals surface area contributed by atoms with Crippen molar-refractivity contribution in [2.24, 2.45) is 0 Å². The Morgan fingerprint density at radius 2 is 2.00 bits per heavy atom. The number of aryl methyl sites for hydroxylation is 2. The largest absolute Gasteiger partial charge is 0.390 e. The van der Waals surface area contributed by atoms with Crippen molar-refractivity contribution in [1.82, 2.24) is 14.5 Å². The number of para-hydroxylation sites is 1. The maximum atomic E-state index is 12.4. The minimum atomic E-state index is -0.606. The van der Waals surface area contributed by atoms with E-state index in [1.165, 1.54) is 11.1 Å². The van der Waals surface area contributed by atoms with Gasteiger partial charge in [-0.2, -0.15) is 0 Å². The zero-order valence-corrected chi connectivity index (χ0v) is 18.2. The third-order valence-corrected chi connectivity index (χ3v) is 5.76. The van der Waals surface area contributed by atoms with Crippen molar-refractivity contribution in [3.05, 3.63) is 53.9 Å². The minimum Gasteiger partial charge on any atom is -0.390 e. The van der Waals surface area contributed by atoms with Crippen molar-refractivity contribution in [2.75, 3.05) is 31.7 Å². The third-order valence-electron chi connectivity index (χ3n) is 4.96. The summed E-state index contributed by atoms with van der Waals surface area (Å²) in [5, 5.41) is 13.5. The number of anilines is 1. The lowest BCUT2D eigenvalue weighted by Crippen LogP contribution is -2.37. The molecule has 0 saturated heterocycles. The highest BCUT2D eigenvalue weighted by molar-refractivity contribution is 7.98. The van der Waals surface area contributed by atoms with Gasteiger partial charge in [0.1, 0.15) is 0 Å². The molecule has 0 fully saturated rings. The van der Waals surface area contributed by atoms with E-state index in [2.05, 4.69) is 36.3 Å². The molecule has 7 heteroatoms. The average Bonchev–Trinajstić information content (AvgIpc) is 3.03. The van der Waals surface area contributed by atoms with Gasteiger partial charge in [-0.3, -0.25) is 9.69 Å². The number of aromatic nitrogens is 2. The van der Waals surface area contributed by atoms with Crippen LogP contribution in [0, 0.1) is 13.8 Å². The summed E-state index contributed by atoms with van der Waals surface area (Å²) in [4.78, 5) is 19.7. The van der Waals surface area contributed by atoms with Gasteiger partial charge in [0.15, 0.2) is 0 Å². The van der Waals surface area contributed by atoms with Gasteiger partial charge < -0.3 is 15.0 Å². The van der Waals surface area contributed by atoms with E-state index in [9.17, 15) is 9.90 Å². The molecule has 3 aromatic rings. The third kappa shape index (κ3) is 5.38. The Hall–Kier alpha value is -2.35. The Labute approximate surface area is 175 Å². The molecule has 0 spiro atoms. The summed E-state index contributed by atoms with van der Waals surface area (Å²) in [6.07, 6.45) is 3.14. The van der Waals surface area contributed by atoms with Crippen LogP contribution in [0.1, 0.15) is 11.1 Å². The van der Waals surface area contributed by atoms with Crippen LogP contribution in [0.2, 0.25) is 0 Å². The predicted octanol–water partition coefficient (Wildman–Crippen LogP) is 3.31. The molecule has 2 N–H and O–H groups in total. The zero-order valence-electron chi connectivity index (χ0n) is 17.3. The number of fused-ring (bicyclic) bond motifs is 1. The fraction of sp³-hybridized carbons (Fsp3) is 0.364. The molecule has 29 heavy (non-hydrogen) atoms. The van der Waals surface area contributed by atoms with E-state index in [0.29, 0.717) is 13.1 Å². The van der Waals surface area contributed by atoms with E-state index in [1.54, 1.807) is 18.1 Å². The van der Waals surface area contributed by atoms with Gasteiger partial charge in [0.2, 0.25) is 5.91 Å². The number of hydrogen-bond donors (Lipinski definition) is 2. The van der Waals surface area contributed by atoms with Crippen LogP contribution < -0.4 is 5.32 Å². The number of aliphatic hydroxyl groups is 1. The Bertz CT molecular complexity index is 1000. The topological polar surface area (TPSA) is 70.4 Å². The van der Waals surface area contributed by atoms with Crippen LogP contribution in [0.3, 0.4) is 0 Å². The molecule has 3 rings (SSSR count). The van der Waals surface area contributed by atoms with Gasteiger partial charge in [0.05, 0.1) is 42.2 Å². The molecule has 2 aromatic carbocycles. The van der Waals surface area contributed by atoms with Crippen molar-refractivity contribution in [1.29, 1.82) is 0 Å². The highest BCUT2D eigenvalue weighted by Gasteiger charge is 2.15. The van der Waals surface area contributed by atoms with E-state index in [0.717, 1.165) is 21.6 Å². The van der Waals surface area contributed by atoms with Crippen LogP contribution in [-0.2, 0) is 11.3 Å². The minimum absolute atomic E-state index is 0.0969. The number of rotatable bonds is 8. The Morgan fingerprint density at radius 3 is 2.76 bits per heavy atom. The van der Waals surface area contributed by atoms with Crippen LogP contribution in [0.25, 0.3) is 11.0 Å². The lowest BCUT2D eigenvalue weighted by Gasteiger charge is -2.21. The molecule has 154 valence electrons. The molecule has 1 amide bonds. The standard InChI is InChI=1S/C22H28N4O2S/c1-15-9-19-20(10-16(15)2)26(14-23-19)12-17(27)11-25(3)13-22(28)24-18-7-5-6-8-21(18)29-4/h5-10,14,17,27H,11-13H2,1-4H3,(H,24,28). The Kier molecular flexibility index (Phi) is 6.95. The number of nitrogens with zero attached hydrogens (tertiary/aromatic N) is 3. The number of imidazole rings is 1. The fourth-order valence-electron chi connectivity index (χ4n) is 3.35. The maximum Gasteiger partial charge on any atom is 0.238 e. The summed E-state index contributed by atoms with van der Waals surface area (Å²) in [5.74, 6) is -0.0969.